The van der Waals surface area contributed by atoms with Gasteiger partial charge in [-0.25, -0.2) is 0 Å². The minimum Gasteiger partial charge on any atom is -0.376 e. The molecule has 0 aromatic rings. The number of ether oxygens (including phenoxy) is 3. The molecule has 78 valence electrons. The second-order valence-corrected chi connectivity index (χ2v) is 3.53. The highest BCUT2D eigenvalue weighted by Crippen LogP contribution is 2.06. The summed E-state index contributed by atoms with van der Waals surface area (Å²) in [7, 11) is 0. The Morgan fingerprint density at radius 3 is 2.77 bits per heavy atom. The molecule has 1 heterocycles. The van der Waals surface area contributed by atoms with Crippen LogP contribution in [0.25, 0.3) is 0 Å². The van der Waals surface area contributed by atoms with Crippen LogP contribution in [0.2, 0.25) is 0 Å². The Morgan fingerprint density at radius 2 is 2.23 bits per heavy atom. The summed E-state index contributed by atoms with van der Waals surface area (Å²) >= 11 is 0. The van der Waals surface area contributed by atoms with Crippen LogP contribution in [0.1, 0.15) is 26.7 Å². The molecule has 1 atom stereocenters. The maximum absolute atomic E-state index is 5.54. The summed E-state index contributed by atoms with van der Waals surface area (Å²) in [5.41, 5.74) is 0. The molecule has 1 aliphatic heterocycles. The summed E-state index contributed by atoms with van der Waals surface area (Å²) in [6.07, 6.45) is 2.85. The molecule has 1 fully saturated rings. The molecule has 0 aromatic heterocycles. The summed E-state index contributed by atoms with van der Waals surface area (Å²) in [4.78, 5) is 0. The first-order valence-corrected chi connectivity index (χ1v) is 5.14. The normalized spacial score (nSPS) is 19.8. The van der Waals surface area contributed by atoms with Crippen molar-refractivity contribution >= 4 is 0 Å². The van der Waals surface area contributed by atoms with Gasteiger partial charge in [-0.1, -0.05) is 13.3 Å². The number of rotatable bonds is 7. The first kappa shape index (κ1) is 11.0. The quantitative estimate of drug-likeness (QED) is 0.568. The summed E-state index contributed by atoms with van der Waals surface area (Å²) < 4.78 is 16.1. The molecule has 1 saturated heterocycles. The fraction of sp³-hybridized carbons (Fsp3) is 1.00. The molecule has 1 rings (SSSR count). The smallest absolute Gasteiger partial charge is 0.104 e. The standard InChI is InChI=1S/C10H20O3/c1-3-4-5-12-9(2)6-13-10-7-11-8-10/h9-10H,3-8H2,1-2H3. The van der Waals surface area contributed by atoms with E-state index in [0.29, 0.717) is 12.7 Å². The number of unbranched alkanes of at least 4 members (excludes halogenated alkanes) is 1. The van der Waals surface area contributed by atoms with Crippen molar-refractivity contribution in [3.8, 4) is 0 Å². The first-order valence-electron chi connectivity index (χ1n) is 5.14. The van der Waals surface area contributed by atoms with Crippen LogP contribution in [0.3, 0.4) is 0 Å². The minimum absolute atomic E-state index is 0.215. The molecular weight excluding hydrogens is 168 g/mol. The lowest BCUT2D eigenvalue weighted by atomic mass is 10.3. The summed E-state index contributed by atoms with van der Waals surface area (Å²) in [6, 6.07) is 0. The predicted molar refractivity (Wildman–Crippen MR) is 50.9 cm³/mol. The molecule has 0 saturated carbocycles. The van der Waals surface area contributed by atoms with Crippen molar-refractivity contribution in [2.24, 2.45) is 0 Å². The second kappa shape index (κ2) is 6.35. The lowest BCUT2D eigenvalue weighted by molar-refractivity contribution is -0.146. The lowest BCUT2D eigenvalue weighted by Crippen LogP contribution is -2.38. The zero-order valence-electron chi connectivity index (χ0n) is 8.62. The molecule has 1 unspecified atom stereocenters. The molecule has 13 heavy (non-hydrogen) atoms. The molecule has 0 spiro atoms. The topological polar surface area (TPSA) is 27.7 Å². The Labute approximate surface area is 80.4 Å². The van der Waals surface area contributed by atoms with Crippen LogP contribution in [0.5, 0.6) is 0 Å². The SMILES string of the molecule is CCCCOC(C)COC1COC1. The van der Waals surface area contributed by atoms with E-state index in [2.05, 4.69) is 13.8 Å². The average Bonchev–Trinajstić information content (AvgIpc) is 2.02. The Bertz CT molecular complexity index is 123. The van der Waals surface area contributed by atoms with Crippen LogP contribution in [0, 0.1) is 0 Å². The maximum Gasteiger partial charge on any atom is 0.104 e. The van der Waals surface area contributed by atoms with Crippen LogP contribution in [0.4, 0.5) is 0 Å². The Balaban J connectivity index is 1.87. The van der Waals surface area contributed by atoms with Crippen molar-refractivity contribution in [1.82, 2.24) is 0 Å². The van der Waals surface area contributed by atoms with Gasteiger partial charge in [-0.05, 0) is 13.3 Å². The van der Waals surface area contributed by atoms with E-state index in [1.165, 1.54) is 6.42 Å². The van der Waals surface area contributed by atoms with Crippen molar-refractivity contribution in [3.63, 3.8) is 0 Å². The lowest BCUT2D eigenvalue weighted by Gasteiger charge is -2.27. The van der Waals surface area contributed by atoms with Crippen molar-refractivity contribution in [2.45, 2.75) is 38.9 Å². The van der Waals surface area contributed by atoms with E-state index >= 15 is 0 Å². The molecule has 0 N–H and O–H groups in total. The van der Waals surface area contributed by atoms with E-state index in [1.807, 2.05) is 0 Å². The van der Waals surface area contributed by atoms with Gasteiger partial charge in [0, 0.05) is 6.61 Å². The monoisotopic (exact) mass is 188 g/mol. The molecule has 0 bridgehead atoms. The van der Waals surface area contributed by atoms with Gasteiger partial charge in [0.1, 0.15) is 6.10 Å². The van der Waals surface area contributed by atoms with Crippen molar-refractivity contribution in [2.75, 3.05) is 26.4 Å². The summed E-state index contributed by atoms with van der Waals surface area (Å²) in [6.45, 7) is 7.26. The second-order valence-electron chi connectivity index (χ2n) is 3.53. The average molecular weight is 188 g/mol. The van der Waals surface area contributed by atoms with Gasteiger partial charge < -0.3 is 14.2 Å². The van der Waals surface area contributed by atoms with Crippen molar-refractivity contribution in [1.29, 1.82) is 0 Å². The first-order chi connectivity index (χ1) is 6.33. The Hall–Kier alpha value is -0.120. The third-order valence-corrected chi connectivity index (χ3v) is 2.07. The molecule has 0 radical (unpaired) electrons. The molecule has 0 aliphatic carbocycles. The Morgan fingerprint density at radius 1 is 1.46 bits per heavy atom. The molecule has 3 heteroatoms. The van der Waals surface area contributed by atoms with Crippen LogP contribution in [0.15, 0.2) is 0 Å². The zero-order chi connectivity index (χ0) is 9.52. The van der Waals surface area contributed by atoms with E-state index in [-0.39, 0.29) is 6.10 Å². The van der Waals surface area contributed by atoms with Crippen LogP contribution in [-0.4, -0.2) is 38.6 Å². The van der Waals surface area contributed by atoms with Gasteiger partial charge in [-0.2, -0.15) is 0 Å². The van der Waals surface area contributed by atoms with Gasteiger partial charge in [0.2, 0.25) is 0 Å². The van der Waals surface area contributed by atoms with Gasteiger partial charge in [-0.3, -0.25) is 0 Å². The third kappa shape index (κ3) is 4.60. The molecular formula is C10H20O3. The van der Waals surface area contributed by atoms with Gasteiger partial charge >= 0.3 is 0 Å². The molecule has 0 aromatic carbocycles. The van der Waals surface area contributed by atoms with Gasteiger partial charge in [0.15, 0.2) is 0 Å². The van der Waals surface area contributed by atoms with Gasteiger partial charge in [0.05, 0.1) is 25.9 Å². The van der Waals surface area contributed by atoms with E-state index < -0.39 is 0 Å². The highest BCUT2D eigenvalue weighted by atomic mass is 16.6. The highest BCUT2D eigenvalue weighted by molar-refractivity contribution is 4.64. The zero-order valence-corrected chi connectivity index (χ0v) is 8.62. The third-order valence-electron chi connectivity index (χ3n) is 2.07. The fourth-order valence-electron chi connectivity index (χ4n) is 1.06. The van der Waals surface area contributed by atoms with E-state index in [9.17, 15) is 0 Å². The predicted octanol–water partition coefficient (Wildman–Crippen LogP) is 1.61. The van der Waals surface area contributed by atoms with Crippen LogP contribution < -0.4 is 0 Å². The van der Waals surface area contributed by atoms with Crippen molar-refractivity contribution in [3.05, 3.63) is 0 Å². The van der Waals surface area contributed by atoms with Gasteiger partial charge in [0.25, 0.3) is 0 Å². The molecule has 3 nitrogen and oxygen atoms in total. The minimum atomic E-state index is 0.215. The van der Waals surface area contributed by atoms with E-state index in [4.69, 9.17) is 14.2 Å². The van der Waals surface area contributed by atoms with Crippen molar-refractivity contribution < 1.29 is 14.2 Å². The largest absolute Gasteiger partial charge is 0.376 e. The van der Waals surface area contributed by atoms with E-state index in [1.54, 1.807) is 0 Å². The summed E-state index contributed by atoms with van der Waals surface area (Å²) in [5.74, 6) is 0. The summed E-state index contributed by atoms with van der Waals surface area (Å²) in [5, 5.41) is 0. The number of hydrogen-bond acceptors (Lipinski definition) is 3. The Kier molecular flexibility index (Phi) is 5.35. The van der Waals surface area contributed by atoms with Gasteiger partial charge in [-0.15, -0.1) is 0 Å². The molecule has 0 amide bonds. The molecule has 1 aliphatic rings. The fourth-order valence-corrected chi connectivity index (χ4v) is 1.06. The van der Waals surface area contributed by atoms with Crippen LogP contribution in [-0.2, 0) is 14.2 Å². The maximum atomic E-state index is 5.54. The van der Waals surface area contributed by atoms with E-state index in [0.717, 1.165) is 26.2 Å². The highest BCUT2D eigenvalue weighted by Gasteiger charge is 2.19. The van der Waals surface area contributed by atoms with Crippen LogP contribution >= 0.6 is 0 Å². The number of hydrogen-bond donors (Lipinski definition) is 0.